The molecule has 2 rings (SSSR count). The van der Waals surface area contributed by atoms with Crippen LogP contribution in [0.25, 0.3) is 0 Å². The Morgan fingerprint density at radius 1 is 1.42 bits per heavy atom. The van der Waals surface area contributed by atoms with Crippen LogP contribution in [0.15, 0.2) is 29.5 Å². The lowest BCUT2D eigenvalue weighted by Gasteiger charge is -2.35. The number of ether oxygens (including phenoxy) is 1. The maximum absolute atomic E-state index is 14.3. The predicted molar refractivity (Wildman–Crippen MR) is 88.3 cm³/mol. The predicted octanol–water partition coefficient (Wildman–Crippen LogP) is 1.52. The first-order valence-electron chi connectivity index (χ1n) is 7.78. The number of hydrogen-bond donors (Lipinski definition) is 1. The zero-order valence-electron chi connectivity index (χ0n) is 14.2. The van der Waals surface area contributed by atoms with Crippen LogP contribution in [0.4, 0.5) is 9.18 Å². The largest absolute Gasteiger partial charge is 0.550 e. The minimum Gasteiger partial charge on any atom is -0.550 e. The number of urea groups is 1. The minimum atomic E-state index is -1.24. The van der Waals surface area contributed by atoms with Gasteiger partial charge in [-0.05, 0) is 31.9 Å². The third-order valence-corrected chi connectivity index (χ3v) is 4.38. The molecule has 1 aliphatic rings. The second-order valence-electron chi connectivity index (χ2n) is 5.64. The molecule has 140 valence electrons. The normalized spacial score (nSPS) is 17.2. The monoisotopic (exact) mass is 383 g/mol. The number of methoxy groups -OCH3 is 1. The van der Waals surface area contributed by atoms with Crippen LogP contribution in [0, 0.1) is 5.82 Å². The highest BCUT2D eigenvalue weighted by molar-refractivity contribution is 6.31. The first-order valence-corrected chi connectivity index (χ1v) is 8.16. The molecule has 0 fully saturated rings. The smallest absolute Gasteiger partial charge is 0.337 e. The number of hydrogen-bond acceptors (Lipinski definition) is 5. The standard InChI is InChI=1S/C17H18ClFN2O5/c1-9-13(16(24)26-2)15(14-10(18)5-3-6-11(14)19)20-17(25)21(9)8-4-7-12(22)23/h3,5-6,15H,4,7-8H2,1-2H3,(H,20,25)(H,22,23)/p-1/t15-/m1/s1. The van der Waals surface area contributed by atoms with E-state index in [1.165, 1.54) is 37.1 Å². The van der Waals surface area contributed by atoms with Crippen LogP contribution in [0.3, 0.4) is 0 Å². The summed E-state index contributed by atoms with van der Waals surface area (Å²) in [5, 5.41) is 13.2. The molecule has 0 aliphatic carbocycles. The van der Waals surface area contributed by atoms with Gasteiger partial charge in [0.05, 0.1) is 18.7 Å². The maximum Gasteiger partial charge on any atom is 0.337 e. The van der Waals surface area contributed by atoms with Gasteiger partial charge in [-0.1, -0.05) is 17.7 Å². The van der Waals surface area contributed by atoms with E-state index in [0.717, 1.165) is 0 Å². The zero-order chi connectivity index (χ0) is 19.4. The molecule has 0 saturated carbocycles. The lowest BCUT2D eigenvalue weighted by Crippen LogP contribution is -2.48. The molecule has 0 aromatic heterocycles. The van der Waals surface area contributed by atoms with Crippen molar-refractivity contribution in [2.75, 3.05) is 13.7 Å². The Labute approximate surface area is 154 Å². The fourth-order valence-electron chi connectivity index (χ4n) is 2.81. The van der Waals surface area contributed by atoms with Gasteiger partial charge in [0.2, 0.25) is 0 Å². The fourth-order valence-corrected chi connectivity index (χ4v) is 3.08. The lowest BCUT2D eigenvalue weighted by molar-refractivity contribution is -0.305. The van der Waals surface area contributed by atoms with Crippen molar-refractivity contribution in [1.29, 1.82) is 0 Å². The number of nitrogens with zero attached hydrogens (tertiary/aromatic N) is 1. The number of aliphatic carboxylic acids is 1. The van der Waals surface area contributed by atoms with E-state index in [1.54, 1.807) is 0 Å². The van der Waals surface area contributed by atoms with Gasteiger partial charge in [0.1, 0.15) is 5.82 Å². The van der Waals surface area contributed by atoms with Crippen LogP contribution < -0.4 is 10.4 Å². The number of benzene rings is 1. The summed E-state index contributed by atoms with van der Waals surface area (Å²) in [7, 11) is 1.17. The van der Waals surface area contributed by atoms with Crippen molar-refractivity contribution in [1.82, 2.24) is 10.2 Å². The molecule has 1 aromatic rings. The Kier molecular flexibility index (Phi) is 6.20. The Bertz CT molecular complexity index is 760. The van der Waals surface area contributed by atoms with Crippen molar-refractivity contribution >= 4 is 29.6 Å². The summed E-state index contributed by atoms with van der Waals surface area (Å²) in [6, 6.07) is 2.30. The third-order valence-electron chi connectivity index (χ3n) is 4.05. The maximum atomic E-state index is 14.3. The second kappa shape index (κ2) is 8.18. The number of rotatable bonds is 6. The quantitative estimate of drug-likeness (QED) is 0.751. The van der Waals surface area contributed by atoms with Gasteiger partial charge in [-0.25, -0.2) is 14.0 Å². The molecule has 1 aliphatic heterocycles. The molecule has 1 heterocycles. The molecular weight excluding hydrogens is 367 g/mol. The van der Waals surface area contributed by atoms with E-state index in [0.29, 0.717) is 0 Å². The summed E-state index contributed by atoms with van der Waals surface area (Å²) in [5.74, 6) is -2.67. The van der Waals surface area contributed by atoms with E-state index in [4.69, 9.17) is 16.3 Å². The summed E-state index contributed by atoms with van der Waals surface area (Å²) < 4.78 is 19.1. The Morgan fingerprint density at radius 3 is 2.69 bits per heavy atom. The summed E-state index contributed by atoms with van der Waals surface area (Å²) in [4.78, 5) is 36.5. The van der Waals surface area contributed by atoms with Crippen molar-refractivity contribution in [2.45, 2.75) is 25.8 Å². The highest BCUT2D eigenvalue weighted by atomic mass is 35.5. The molecule has 2 amide bonds. The number of allylic oxidation sites excluding steroid dienone is 1. The molecule has 0 saturated heterocycles. The Hall–Kier alpha value is -2.61. The number of nitrogens with one attached hydrogen (secondary N) is 1. The number of halogens is 2. The number of carboxylic acids is 1. The molecule has 7 nitrogen and oxygen atoms in total. The summed E-state index contributed by atoms with van der Waals surface area (Å²) >= 11 is 6.07. The van der Waals surface area contributed by atoms with E-state index in [-0.39, 0.29) is 41.2 Å². The number of amides is 2. The molecule has 0 bridgehead atoms. The number of carbonyl (C=O) groups excluding carboxylic acids is 3. The Morgan fingerprint density at radius 2 is 2.12 bits per heavy atom. The molecule has 0 spiro atoms. The van der Waals surface area contributed by atoms with E-state index in [1.807, 2.05) is 0 Å². The van der Waals surface area contributed by atoms with Gasteiger partial charge in [-0.2, -0.15) is 0 Å². The molecule has 0 radical (unpaired) electrons. The van der Waals surface area contributed by atoms with E-state index in [9.17, 15) is 23.9 Å². The molecule has 0 unspecified atom stereocenters. The van der Waals surface area contributed by atoms with E-state index >= 15 is 0 Å². The summed E-state index contributed by atoms with van der Waals surface area (Å²) in [5.41, 5.74) is 0.215. The second-order valence-corrected chi connectivity index (χ2v) is 6.04. The molecule has 1 atom stereocenters. The van der Waals surface area contributed by atoms with Crippen LogP contribution >= 0.6 is 11.6 Å². The van der Waals surface area contributed by atoms with Crippen LogP contribution in [-0.4, -0.2) is 36.5 Å². The van der Waals surface area contributed by atoms with Crippen molar-refractivity contribution in [3.05, 3.63) is 45.9 Å². The van der Waals surface area contributed by atoms with Gasteiger partial charge >= 0.3 is 12.0 Å². The van der Waals surface area contributed by atoms with Crippen molar-refractivity contribution in [3.63, 3.8) is 0 Å². The van der Waals surface area contributed by atoms with Gasteiger partial charge < -0.3 is 20.0 Å². The first kappa shape index (κ1) is 19.7. The van der Waals surface area contributed by atoms with E-state index < -0.39 is 29.8 Å². The fraction of sp³-hybridized carbons (Fsp3) is 0.353. The third kappa shape index (κ3) is 3.96. The van der Waals surface area contributed by atoms with Gasteiger partial charge in [-0.3, -0.25) is 4.90 Å². The van der Waals surface area contributed by atoms with Gasteiger partial charge in [0, 0.05) is 28.8 Å². The lowest BCUT2D eigenvalue weighted by atomic mass is 9.94. The zero-order valence-corrected chi connectivity index (χ0v) is 14.9. The summed E-state index contributed by atoms with van der Waals surface area (Å²) in [6.45, 7) is 1.55. The topological polar surface area (TPSA) is 98.8 Å². The number of carboxylic acid groups (broad SMARTS) is 1. The Balaban J connectivity index is 2.48. The minimum absolute atomic E-state index is 0.0209. The molecule has 1 N–H and O–H groups in total. The van der Waals surface area contributed by atoms with Crippen molar-refractivity contribution in [2.24, 2.45) is 0 Å². The molecule has 1 aromatic carbocycles. The highest BCUT2D eigenvalue weighted by Gasteiger charge is 2.38. The van der Waals surface area contributed by atoms with Gasteiger partial charge in [0.25, 0.3) is 0 Å². The SMILES string of the molecule is COC(=O)C1=C(C)N(CCCC(=O)[O-])C(=O)N[C@H]1c1c(F)cccc1Cl. The van der Waals surface area contributed by atoms with Crippen LogP contribution in [-0.2, 0) is 14.3 Å². The average molecular weight is 384 g/mol. The highest BCUT2D eigenvalue weighted by Crippen LogP contribution is 2.36. The molecule has 9 heteroatoms. The molecular formula is C17H17ClFN2O5-. The first-order chi connectivity index (χ1) is 12.3. The summed E-state index contributed by atoms with van der Waals surface area (Å²) in [6.07, 6.45) is -0.111. The van der Waals surface area contributed by atoms with Crippen molar-refractivity contribution < 1.29 is 28.6 Å². The van der Waals surface area contributed by atoms with Crippen LogP contribution in [0.5, 0.6) is 0 Å². The van der Waals surface area contributed by atoms with Gasteiger partial charge in [-0.15, -0.1) is 0 Å². The van der Waals surface area contributed by atoms with Crippen LogP contribution in [0.2, 0.25) is 5.02 Å². The van der Waals surface area contributed by atoms with Crippen LogP contribution in [0.1, 0.15) is 31.4 Å². The number of esters is 1. The average Bonchev–Trinajstić information content (AvgIpc) is 2.56. The van der Waals surface area contributed by atoms with Gasteiger partial charge in [0.15, 0.2) is 0 Å². The molecule has 26 heavy (non-hydrogen) atoms. The number of carbonyl (C=O) groups is 3. The van der Waals surface area contributed by atoms with E-state index in [2.05, 4.69) is 5.32 Å². The van der Waals surface area contributed by atoms with Crippen molar-refractivity contribution in [3.8, 4) is 0 Å².